The van der Waals surface area contributed by atoms with Gasteiger partial charge in [-0.1, -0.05) is 36.4 Å². The van der Waals surface area contributed by atoms with Crippen LogP contribution in [0.5, 0.6) is 0 Å². The van der Waals surface area contributed by atoms with Crippen molar-refractivity contribution in [3.63, 3.8) is 0 Å². The van der Waals surface area contributed by atoms with Crippen molar-refractivity contribution in [3.8, 4) is 0 Å². The lowest BCUT2D eigenvalue weighted by molar-refractivity contribution is -0.137. The number of carbonyl (C=O) groups is 1. The first-order valence-corrected chi connectivity index (χ1v) is 11.7. The first-order valence-electron chi connectivity index (χ1n) is 11.7. The number of para-hydroxylation sites is 3. The highest BCUT2D eigenvalue weighted by Gasteiger charge is 2.34. The fourth-order valence-electron chi connectivity index (χ4n) is 4.69. The molecule has 1 saturated heterocycles. The van der Waals surface area contributed by atoms with Gasteiger partial charge in [-0.25, -0.2) is 9.37 Å². The predicted molar refractivity (Wildman–Crippen MR) is 130 cm³/mol. The summed E-state index contributed by atoms with van der Waals surface area (Å²) in [6.45, 7) is 1.47. The average Bonchev–Trinajstić information content (AvgIpc) is 3.22. The maximum atomic E-state index is 13.8. The Morgan fingerprint density at radius 2 is 1.69 bits per heavy atom. The molecule has 1 N–H and O–H groups in total. The number of alkyl halides is 3. The summed E-state index contributed by atoms with van der Waals surface area (Å²) in [5, 5.41) is 2.48. The Kier molecular flexibility index (Phi) is 6.38. The normalized spacial score (nSPS) is 14.8. The molecule has 36 heavy (non-hydrogen) atoms. The van der Waals surface area contributed by atoms with Gasteiger partial charge in [0.1, 0.15) is 5.82 Å². The molecule has 0 radical (unpaired) electrons. The summed E-state index contributed by atoms with van der Waals surface area (Å²) in [6, 6.07) is 19.1. The van der Waals surface area contributed by atoms with Gasteiger partial charge in [-0.3, -0.25) is 4.79 Å². The Hall–Kier alpha value is -3.88. The molecule has 0 spiro atoms. The van der Waals surface area contributed by atoms with E-state index in [4.69, 9.17) is 4.98 Å². The molecule has 9 heteroatoms. The Balaban J connectivity index is 1.33. The van der Waals surface area contributed by atoms with Crippen LogP contribution in [0.3, 0.4) is 0 Å². The van der Waals surface area contributed by atoms with Crippen molar-refractivity contribution in [3.05, 3.63) is 89.7 Å². The Bertz CT molecular complexity index is 1390. The zero-order valence-electron chi connectivity index (χ0n) is 19.3. The molecule has 1 fully saturated rings. The van der Waals surface area contributed by atoms with Crippen molar-refractivity contribution < 1.29 is 22.4 Å². The lowest BCUT2D eigenvalue weighted by Gasteiger charge is -2.32. The smallest absolute Gasteiger partial charge is 0.342 e. The van der Waals surface area contributed by atoms with E-state index in [1.165, 1.54) is 30.3 Å². The number of nitrogens with zero attached hydrogens (tertiary/aromatic N) is 3. The second-order valence-corrected chi connectivity index (χ2v) is 8.91. The van der Waals surface area contributed by atoms with Crippen LogP contribution in [-0.2, 0) is 17.5 Å². The molecule has 2 heterocycles. The summed E-state index contributed by atoms with van der Waals surface area (Å²) >= 11 is 0. The number of anilines is 2. The topological polar surface area (TPSA) is 50.2 Å². The van der Waals surface area contributed by atoms with E-state index >= 15 is 0 Å². The Morgan fingerprint density at radius 1 is 0.972 bits per heavy atom. The highest BCUT2D eigenvalue weighted by atomic mass is 19.4. The van der Waals surface area contributed by atoms with Crippen molar-refractivity contribution in [1.82, 2.24) is 9.55 Å². The lowest BCUT2D eigenvalue weighted by Crippen LogP contribution is -2.39. The number of carbonyl (C=O) groups excluding carboxylic acids is 1. The van der Waals surface area contributed by atoms with Gasteiger partial charge in [-0.05, 0) is 54.8 Å². The van der Waals surface area contributed by atoms with Gasteiger partial charge >= 0.3 is 6.18 Å². The van der Waals surface area contributed by atoms with Gasteiger partial charge in [0.25, 0.3) is 0 Å². The maximum absolute atomic E-state index is 13.8. The summed E-state index contributed by atoms with van der Waals surface area (Å²) in [7, 11) is 0. The van der Waals surface area contributed by atoms with Crippen LogP contribution >= 0.6 is 0 Å². The van der Waals surface area contributed by atoms with Crippen LogP contribution in [0.1, 0.15) is 24.0 Å². The van der Waals surface area contributed by atoms with Crippen molar-refractivity contribution in [2.75, 3.05) is 23.3 Å². The molecular weight excluding hydrogens is 472 g/mol. The number of hydrogen-bond donors (Lipinski definition) is 1. The summed E-state index contributed by atoms with van der Waals surface area (Å²) in [5.41, 5.74) is 1.45. The summed E-state index contributed by atoms with van der Waals surface area (Å²) < 4.78 is 55.7. The number of fused-ring (bicyclic) bond motifs is 1. The fourth-order valence-corrected chi connectivity index (χ4v) is 4.69. The molecule has 1 aliphatic heterocycles. The van der Waals surface area contributed by atoms with Gasteiger partial charge in [0.2, 0.25) is 11.9 Å². The molecule has 1 aromatic heterocycles. The number of hydrogen-bond acceptors (Lipinski definition) is 3. The van der Waals surface area contributed by atoms with Crippen molar-refractivity contribution >= 4 is 28.6 Å². The zero-order valence-corrected chi connectivity index (χ0v) is 19.3. The monoisotopic (exact) mass is 496 g/mol. The molecule has 5 nitrogen and oxygen atoms in total. The van der Waals surface area contributed by atoms with E-state index in [0.29, 0.717) is 32.5 Å². The summed E-state index contributed by atoms with van der Waals surface area (Å²) in [4.78, 5) is 19.7. The number of piperidine rings is 1. The van der Waals surface area contributed by atoms with E-state index < -0.39 is 23.6 Å². The lowest BCUT2D eigenvalue weighted by atomic mass is 9.96. The number of nitrogens with one attached hydrogen (secondary N) is 1. The number of imidazole rings is 1. The molecule has 0 bridgehead atoms. The molecule has 186 valence electrons. The van der Waals surface area contributed by atoms with Crippen LogP contribution in [0.15, 0.2) is 72.8 Å². The van der Waals surface area contributed by atoms with E-state index in [1.54, 1.807) is 6.07 Å². The van der Waals surface area contributed by atoms with Gasteiger partial charge in [0, 0.05) is 19.0 Å². The second-order valence-electron chi connectivity index (χ2n) is 8.91. The third kappa shape index (κ3) is 4.91. The predicted octanol–water partition coefficient (Wildman–Crippen LogP) is 6.10. The second kappa shape index (κ2) is 9.64. The van der Waals surface area contributed by atoms with Crippen molar-refractivity contribution in [2.45, 2.75) is 25.6 Å². The van der Waals surface area contributed by atoms with E-state index in [2.05, 4.69) is 10.2 Å². The van der Waals surface area contributed by atoms with Gasteiger partial charge in [-0.2, -0.15) is 13.2 Å². The minimum absolute atomic E-state index is 0.227. The molecule has 4 aromatic rings. The average molecular weight is 497 g/mol. The fraction of sp³-hybridized carbons (Fsp3) is 0.259. The van der Waals surface area contributed by atoms with E-state index in [9.17, 15) is 22.4 Å². The maximum Gasteiger partial charge on any atom is 0.418 e. The van der Waals surface area contributed by atoms with Crippen molar-refractivity contribution in [2.24, 2.45) is 5.92 Å². The van der Waals surface area contributed by atoms with Gasteiger partial charge < -0.3 is 14.8 Å². The first kappa shape index (κ1) is 23.8. The molecule has 1 amide bonds. The quantitative estimate of drug-likeness (QED) is 0.340. The minimum Gasteiger partial charge on any atom is -0.342 e. The zero-order chi connectivity index (χ0) is 25.3. The number of benzene rings is 3. The molecule has 0 atom stereocenters. The summed E-state index contributed by atoms with van der Waals surface area (Å²) in [5.74, 6) is -0.415. The van der Waals surface area contributed by atoms with E-state index in [0.717, 1.165) is 28.6 Å². The SMILES string of the molecule is O=C(Nc1ccccc1C(F)(F)F)C1CCN(c2nc3ccccc3n2Cc2cccc(F)c2)CC1. The molecule has 0 aliphatic carbocycles. The molecule has 0 unspecified atom stereocenters. The molecular formula is C27H24F4N4O. The van der Waals surface area contributed by atoms with Crippen LogP contribution in [0, 0.1) is 11.7 Å². The Morgan fingerprint density at radius 3 is 2.44 bits per heavy atom. The Labute approximate surface area is 205 Å². The van der Waals surface area contributed by atoms with Gasteiger partial charge in [0.05, 0.1) is 28.8 Å². The third-order valence-electron chi connectivity index (χ3n) is 6.50. The number of amides is 1. The third-order valence-corrected chi connectivity index (χ3v) is 6.50. The number of aromatic nitrogens is 2. The van der Waals surface area contributed by atoms with Crippen LogP contribution in [0.25, 0.3) is 11.0 Å². The molecule has 5 rings (SSSR count). The number of rotatable bonds is 5. The van der Waals surface area contributed by atoms with Crippen LogP contribution < -0.4 is 10.2 Å². The minimum atomic E-state index is -4.55. The largest absolute Gasteiger partial charge is 0.418 e. The van der Waals surface area contributed by atoms with Gasteiger partial charge in [-0.15, -0.1) is 0 Å². The molecule has 0 saturated carbocycles. The van der Waals surface area contributed by atoms with E-state index in [1.807, 2.05) is 34.9 Å². The van der Waals surface area contributed by atoms with E-state index in [-0.39, 0.29) is 11.5 Å². The molecule has 1 aliphatic rings. The van der Waals surface area contributed by atoms with Gasteiger partial charge in [0.15, 0.2) is 0 Å². The first-order chi connectivity index (χ1) is 17.3. The summed E-state index contributed by atoms with van der Waals surface area (Å²) in [6.07, 6.45) is -3.60. The van der Waals surface area contributed by atoms with Crippen LogP contribution in [0.4, 0.5) is 29.2 Å². The number of halogens is 4. The van der Waals surface area contributed by atoms with Crippen molar-refractivity contribution in [1.29, 1.82) is 0 Å². The van der Waals surface area contributed by atoms with Crippen LogP contribution in [0.2, 0.25) is 0 Å². The van der Waals surface area contributed by atoms with Crippen LogP contribution in [-0.4, -0.2) is 28.5 Å². The standard InChI is InChI=1S/C27H24F4N4O/c28-20-7-5-6-18(16-20)17-35-24-11-4-3-10-23(24)33-26(35)34-14-12-19(13-15-34)25(36)32-22-9-2-1-8-21(22)27(29,30)31/h1-11,16,19H,12-15,17H2,(H,32,36). The molecule has 3 aromatic carbocycles. The highest BCUT2D eigenvalue weighted by molar-refractivity contribution is 5.93. The highest BCUT2D eigenvalue weighted by Crippen LogP contribution is 2.35.